The van der Waals surface area contributed by atoms with Gasteiger partial charge in [0.05, 0.1) is 30.7 Å². The van der Waals surface area contributed by atoms with Gasteiger partial charge in [-0.3, -0.25) is 9.10 Å². The number of hydrogen-bond donors (Lipinski definition) is 1. The molecule has 0 radical (unpaired) electrons. The number of benzene rings is 2. The van der Waals surface area contributed by atoms with Gasteiger partial charge in [-0.05, 0) is 55.8 Å². The Kier molecular flexibility index (Phi) is 7.17. The number of nitrogens with zero attached hydrogens (tertiary/aromatic N) is 1. The Morgan fingerprint density at radius 2 is 1.76 bits per heavy atom. The summed E-state index contributed by atoms with van der Waals surface area (Å²) >= 11 is 0. The zero-order valence-electron chi connectivity index (χ0n) is 16.6. The molecular weight excluding hydrogens is 392 g/mol. The molecule has 2 aromatic rings. The number of sulfonamides is 1. The van der Waals surface area contributed by atoms with Gasteiger partial charge in [0.1, 0.15) is 0 Å². The molecule has 1 N–H and O–H groups in total. The van der Waals surface area contributed by atoms with Gasteiger partial charge in [0, 0.05) is 11.3 Å². The van der Waals surface area contributed by atoms with Gasteiger partial charge >= 0.3 is 5.97 Å². The maximum Gasteiger partial charge on any atom is 0.338 e. The number of amides is 1. The van der Waals surface area contributed by atoms with Gasteiger partial charge in [0.2, 0.25) is 10.0 Å². The molecular formula is C21H24N2O5S. The second-order valence-electron chi connectivity index (χ2n) is 6.33. The number of esters is 1. The van der Waals surface area contributed by atoms with E-state index in [9.17, 15) is 18.0 Å². The Hall–Kier alpha value is -3.13. The molecule has 0 aromatic heterocycles. The minimum atomic E-state index is -3.47. The second kappa shape index (κ2) is 9.38. The molecule has 0 heterocycles. The first-order chi connectivity index (χ1) is 13.7. The first-order valence-electron chi connectivity index (χ1n) is 8.95. The van der Waals surface area contributed by atoms with Crippen molar-refractivity contribution in [3.63, 3.8) is 0 Å². The second-order valence-corrected chi connectivity index (χ2v) is 8.24. The van der Waals surface area contributed by atoms with Crippen molar-refractivity contribution in [2.45, 2.75) is 13.8 Å². The van der Waals surface area contributed by atoms with E-state index in [0.29, 0.717) is 22.5 Å². The molecule has 1 amide bonds. The largest absolute Gasteiger partial charge is 0.462 e. The van der Waals surface area contributed by atoms with Gasteiger partial charge in [-0.1, -0.05) is 12.1 Å². The van der Waals surface area contributed by atoms with Gasteiger partial charge in [-0.2, -0.15) is 0 Å². The van der Waals surface area contributed by atoms with Crippen LogP contribution in [0.2, 0.25) is 0 Å². The SMILES string of the molecule is C=CCN(c1ccc(C(=O)Nc2cc(C(=O)OCC)ccc2C)cc1)S(C)(=O)=O. The van der Waals surface area contributed by atoms with Crippen LogP contribution in [0.25, 0.3) is 0 Å². The lowest BCUT2D eigenvalue weighted by Gasteiger charge is -2.20. The number of anilines is 2. The number of ether oxygens (including phenoxy) is 1. The van der Waals surface area contributed by atoms with Crippen molar-refractivity contribution in [3.8, 4) is 0 Å². The van der Waals surface area contributed by atoms with Crippen molar-refractivity contribution in [3.05, 3.63) is 71.8 Å². The molecule has 0 aliphatic heterocycles. The zero-order chi connectivity index (χ0) is 21.6. The minimum Gasteiger partial charge on any atom is -0.462 e. The maximum atomic E-state index is 12.6. The van der Waals surface area contributed by atoms with Crippen LogP contribution in [0.5, 0.6) is 0 Å². The molecule has 0 aliphatic rings. The van der Waals surface area contributed by atoms with E-state index in [-0.39, 0.29) is 19.1 Å². The summed E-state index contributed by atoms with van der Waals surface area (Å²) in [6.07, 6.45) is 2.59. The zero-order valence-corrected chi connectivity index (χ0v) is 17.5. The monoisotopic (exact) mass is 416 g/mol. The summed E-state index contributed by atoms with van der Waals surface area (Å²) in [5.74, 6) is -0.842. The molecule has 154 valence electrons. The van der Waals surface area contributed by atoms with Gasteiger partial charge in [0.15, 0.2) is 0 Å². The molecule has 0 atom stereocenters. The molecule has 0 bridgehead atoms. The van der Waals surface area contributed by atoms with Crippen LogP contribution in [-0.2, 0) is 14.8 Å². The Morgan fingerprint density at radius 1 is 1.14 bits per heavy atom. The van der Waals surface area contributed by atoms with Gasteiger partial charge in [-0.25, -0.2) is 13.2 Å². The summed E-state index contributed by atoms with van der Waals surface area (Å²) in [4.78, 5) is 24.5. The Morgan fingerprint density at radius 3 is 2.31 bits per heavy atom. The fourth-order valence-corrected chi connectivity index (χ4v) is 3.50. The van der Waals surface area contributed by atoms with Crippen molar-refractivity contribution < 1.29 is 22.7 Å². The van der Waals surface area contributed by atoms with Crippen LogP contribution in [0, 0.1) is 6.92 Å². The third-order valence-electron chi connectivity index (χ3n) is 4.11. The van der Waals surface area contributed by atoms with Gasteiger partial charge in [-0.15, -0.1) is 6.58 Å². The fourth-order valence-electron chi connectivity index (χ4n) is 2.62. The van der Waals surface area contributed by atoms with E-state index in [2.05, 4.69) is 11.9 Å². The maximum absolute atomic E-state index is 12.6. The van der Waals surface area contributed by atoms with E-state index >= 15 is 0 Å². The Labute approximate surface area is 171 Å². The minimum absolute atomic E-state index is 0.129. The molecule has 0 aliphatic carbocycles. The Balaban J connectivity index is 2.22. The molecule has 7 nitrogen and oxygen atoms in total. The molecule has 0 saturated heterocycles. The van der Waals surface area contributed by atoms with Crippen LogP contribution in [0.1, 0.15) is 33.2 Å². The topological polar surface area (TPSA) is 92.8 Å². The third kappa shape index (κ3) is 5.68. The molecule has 8 heteroatoms. The van der Waals surface area contributed by atoms with Crippen molar-refractivity contribution in [1.29, 1.82) is 0 Å². The normalized spacial score (nSPS) is 10.9. The summed E-state index contributed by atoms with van der Waals surface area (Å²) in [6, 6.07) is 11.1. The van der Waals surface area contributed by atoms with E-state index in [0.717, 1.165) is 11.8 Å². The smallest absolute Gasteiger partial charge is 0.338 e. The number of nitrogens with one attached hydrogen (secondary N) is 1. The fraction of sp³-hybridized carbons (Fsp3) is 0.238. The standard InChI is InChI=1S/C21H24N2O5S/c1-5-13-23(29(4,26)27)18-11-9-16(10-12-18)20(24)22-19-14-17(8-7-15(19)3)21(25)28-6-2/h5,7-12,14H,1,6,13H2,2-4H3,(H,22,24). The summed E-state index contributed by atoms with van der Waals surface area (Å²) in [5.41, 5.74) is 2.41. The van der Waals surface area contributed by atoms with E-state index in [1.54, 1.807) is 37.3 Å². The lowest BCUT2D eigenvalue weighted by atomic mass is 10.1. The predicted octanol–water partition coefficient (Wildman–Crippen LogP) is 3.38. The highest BCUT2D eigenvalue weighted by Crippen LogP contribution is 2.21. The van der Waals surface area contributed by atoms with E-state index in [1.807, 2.05) is 6.92 Å². The van der Waals surface area contributed by atoms with Crippen LogP contribution in [0.4, 0.5) is 11.4 Å². The average Bonchev–Trinajstić information content (AvgIpc) is 2.67. The number of carbonyl (C=O) groups excluding carboxylic acids is 2. The molecule has 0 unspecified atom stereocenters. The highest BCUT2D eigenvalue weighted by molar-refractivity contribution is 7.92. The third-order valence-corrected chi connectivity index (χ3v) is 5.27. The van der Waals surface area contributed by atoms with Crippen molar-refractivity contribution >= 4 is 33.3 Å². The quantitative estimate of drug-likeness (QED) is 0.526. The molecule has 29 heavy (non-hydrogen) atoms. The van der Waals surface area contributed by atoms with Crippen LogP contribution in [-0.4, -0.2) is 39.7 Å². The number of carbonyl (C=O) groups is 2. The number of rotatable bonds is 8. The highest BCUT2D eigenvalue weighted by atomic mass is 32.2. The summed E-state index contributed by atoms with van der Waals surface area (Å²) in [5, 5.41) is 2.77. The van der Waals surface area contributed by atoms with Crippen LogP contribution >= 0.6 is 0 Å². The molecule has 0 saturated carbocycles. The molecule has 2 rings (SSSR count). The van der Waals surface area contributed by atoms with Crippen molar-refractivity contribution in [2.24, 2.45) is 0 Å². The van der Waals surface area contributed by atoms with Gasteiger partial charge < -0.3 is 10.1 Å². The molecule has 2 aromatic carbocycles. The van der Waals surface area contributed by atoms with Crippen molar-refractivity contribution in [1.82, 2.24) is 0 Å². The summed E-state index contributed by atoms with van der Waals surface area (Å²) in [7, 11) is -3.47. The first-order valence-corrected chi connectivity index (χ1v) is 10.8. The lowest BCUT2D eigenvalue weighted by Crippen LogP contribution is -2.29. The Bertz CT molecular complexity index is 1010. The first kappa shape index (κ1) is 22.2. The predicted molar refractivity (Wildman–Crippen MR) is 114 cm³/mol. The van der Waals surface area contributed by atoms with E-state index in [4.69, 9.17) is 4.74 Å². The van der Waals surface area contributed by atoms with Crippen LogP contribution in [0.15, 0.2) is 55.1 Å². The number of aryl methyl sites for hydroxylation is 1. The van der Waals surface area contributed by atoms with E-state index < -0.39 is 16.0 Å². The van der Waals surface area contributed by atoms with Crippen LogP contribution in [0.3, 0.4) is 0 Å². The summed E-state index contributed by atoms with van der Waals surface area (Å²) < 4.78 is 30.0. The average molecular weight is 416 g/mol. The van der Waals surface area contributed by atoms with Gasteiger partial charge in [0.25, 0.3) is 5.91 Å². The molecule has 0 fully saturated rings. The lowest BCUT2D eigenvalue weighted by molar-refractivity contribution is 0.0526. The highest BCUT2D eigenvalue weighted by Gasteiger charge is 2.17. The van der Waals surface area contributed by atoms with E-state index in [1.165, 1.54) is 22.5 Å². The van der Waals surface area contributed by atoms with Crippen LogP contribution < -0.4 is 9.62 Å². The molecule has 0 spiro atoms. The number of hydrogen-bond acceptors (Lipinski definition) is 5. The van der Waals surface area contributed by atoms with Crippen molar-refractivity contribution in [2.75, 3.05) is 29.0 Å². The summed E-state index contributed by atoms with van der Waals surface area (Å²) in [6.45, 7) is 7.49.